The van der Waals surface area contributed by atoms with Gasteiger partial charge in [-0.15, -0.1) is 0 Å². The number of carbonyl (C=O) groups is 2. The molecule has 0 spiro atoms. The monoisotopic (exact) mass is 369 g/mol. The van der Waals surface area contributed by atoms with Gasteiger partial charge in [-0.2, -0.15) is 5.26 Å². The van der Waals surface area contributed by atoms with Crippen molar-refractivity contribution < 1.29 is 14.3 Å². The summed E-state index contributed by atoms with van der Waals surface area (Å²) in [5.41, 5.74) is 1.63. The molecule has 26 heavy (non-hydrogen) atoms. The molecule has 1 atom stereocenters. The molecule has 0 unspecified atom stereocenters. The molecule has 0 aliphatic carbocycles. The van der Waals surface area contributed by atoms with Crippen LogP contribution in [0.3, 0.4) is 0 Å². The van der Waals surface area contributed by atoms with Crippen LogP contribution in [0.25, 0.3) is 0 Å². The van der Waals surface area contributed by atoms with Gasteiger partial charge in [0.1, 0.15) is 5.75 Å². The van der Waals surface area contributed by atoms with Crippen LogP contribution in [-0.2, 0) is 9.59 Å². The number of nitriles is 1. The topological polar surface area (TPSA) is 82.4 Å². The summed E-state index contributed by atoms with van der Waals surface area (Å²) in [4.78, 5) is 26.3. The Balaban J connectivity index is 1.81. The predicted octanol–water partition coefficient (Wildman–Crippen LogP) is 3.35. The fourth-order valence-electron chi connectivity index (χ4n) is 2.86. The van der Waals surface area contributed by atoms with Crippen molar-refractivity contribution in [2.75, 3.05) is 16.8 Å². The lowest BCUT2D eigenvalue weighted by Crippen LogP contribution is -2.41. The molecule has 0 saturated heterocycles. The number of hydrogen-bond donors (Lipinski definition) is 1. The van der Waals surface area contributed by atoms with E-state index in [0.717, 1.165) is 0 Å². The van der Waals surface area contributed by atoms with E-state index >= 15 is 0 Å². The van der Waals surface area contributed by atoms with E-state index in [0.29, 0.717) is 22.7 Å². The molecule has 2 aromatic carbocycles. The number of para-hydroxylation sites is 2. The molecule has 132 valence electrons. The summed E-state index contributed by atoms with van der Waals surface area (Å²) in [5, 5.41) is 11.9. The fourth-order valence-corrected chi connectivity index (χ4v) is 3.10. The Bertz CT molecular complexity index is 907. The average Bonchev–Trinajstić information content (AvgIpc) is 2.74. The number of amides is 2. The van der Waals surface area contributed by atoms with Gasteiger partial charge in [-0.1, -0.05) is 23.7 Å². The summed E-state index contributed by atoms with van der Waals surface area (Å²) in [7, 11) is 0. The van der Waals surface area contributed by atoms with E-state index in [9.17, 15) is 9.59 Å². The van der Waals surface area contributed by atoms with Gasteiger partial charge >= 0.3 is 0 Å². The quantitative estimate of drug-likeness (QED) is 0.899. The number of benzene rings is 2. The minimum Gasteiger partial charge on any atom is -0.482 e. The minimum atomic E-state index is -0.314. The van der Waals surface area contributed by atoms with Gasteiger partial charge in [-0.05, 0) is 37.3 Å². The third-order valence-electron chi connectivity index (χ3n) is 4.04. The van der Waals surface area contributed by atoms with Crippen molar-refractivity contribution in [1.29, 1.82) is 5.26 Å². The highest BCUT2D eigenvalue weighted by Crippen LogP contribution is 2.31. The van der Waals surface area contributed by atoms with Crippen LogP contribution in [0.4, 0.5) is 11.4 Å². The number of anilines is 2. The molecule has 3 rings (SSSR count). The molecule has 1 aliphatic rings. The largest absolute Gasteiger partial charge is 0.482 e. The molecule has 2 aromatic rings. The van der Waals surface area contributed by atoms with E-state index in [2.05, 4.69) is 5.32 Å². The maximum Gasteiger partial charge on any atom is 0.265 e. The number of hydrogen-bond acceptors (Lipinski definition) is 4. The van der Waals surface area contributed by atoms with Crippen molar-refractivity contribution in [3.63, 3.8) is 0 Å². The molecule has 0 bridgehead atoms. The standard InChI is InChI=1S/C19H16ClN3O3/c1-12-8-18(24)22-15-4-2-3-5-16(15)23(12)19(25)11-26-17-7-6-13(10-21)9-14(17)20/h2-7,9,12H,8,11H2,1H3,(H,22,24)/t12-/m1/s1. The highest BCUT2D eigenvalue weighted by molar-refractivity contribution is 6.32. The normalized spacial score (nSPS) is 16.1. The number of halogens is 1. The summed E-state index contributed by atoms with van der Waals surface area (Å²) >= 11 is 6.08. The Morgan fingerprint density at radius 1 is 1.38 bits per heavy atom. The molecule has 0 aromatic heterocycles. The van der Waals surface area contributed by atoms with Crippen molar-refractivity contribution in [2.45, 2.75) is 19.4 Å². The first-order chi connectivity index (χ1) is 12.5. The van der Waals surface area contributed by atoms with Gasteiger partial charge in [-0.25, -0.2) is 0 Å². The van der Waals surface area contributed by atoms with Crippen LogP contribution >= 0.6 is 11.6 Å². The van der Waals surface area contributed by atoms with Crippen LogP contribution in [0, 0.1) is 11.3 Å². The minimum absolute atomic E-state index is 0.142. The first kappa shape index (κ1) is 17.8. The number of ether oxygens (including phenoxy) is 1. The molecule has 0 saturated carbocycles. The van der Waals surface area contributed by atoms with Crippen LogP contribution in [-0.4, -0.2) is 24.5 Å². The Morgan fingerprint density at radius 3 is 2.88 bits per heavy atom. The predicted molar refractivity (Wildman–Crippen MR) is 98.3 cm³/mol. The molecular formula is C19H16ClN3O3. The second-order valence-electron chi connectivity index (χ2n) is 5.93. The van der Waals surface area contributed by atoms with Crippen LogP contribution in [0.1, 0.15) is 18.9 Å². The lowest BCUT2D eigenvalue weighted by atomic mass is 10.1. The summed E-state index contributed by atoms with van der Waals surface area (Å²) in [6.07, 6.45) is 0.193. The molecule has 1 heterocycles. The van der Waals surface area contributed by atoms with Gasteiger partial charge in [-0.3, -0.25) is 9.59 Å². The zero-order chi connectivity index (χ0) is 18.7. The van der Waals surface area contributed by atoms with Crippen LogP contribution < -0.4 is 15.0 Å². The Labute approximate surface area is 155 Å². The molecule has 1 aliphatic heterocycles. The maximum atomic E-state index is 12.8. The highest BCUT2D eigenvalue weighted by atomic mass is 35.5. The Kier molecular flexibility index (Phi) is 5.10. The summed E-state index contributed by atoms with van der Waals surface area (Å²) in [5.74, 6) is -0.109. The smallest absolute Gasteiger partial charge is 0.265 e. The molecule has 1 N–H and O–H groups in total. The van der Waals surface area contributed by atoms with Crippen molar-refractivity contribution in [1.82, 2.24) is 0 Å². The van der Waals surface area contributed by atoms with Gasteiger partial charge < -0.3 is 15.0 Å². The second kappa shape index (κ2) is 7.46. The molecule has 0 fully saturated rings. The van der Waals surface area contributed by atoms with Gasteiger partial charge in [0.05, 0.1) is 28.0 Å². The van der Waals surface area contributed by atoms with Gasteiger partial charge in [0.2, 0.25) is 5.91 Å². The Morgan fingerprint density at radius 2 is 2.15 bits per heavy atom. The van der Waals surface area contributed by atoms with E-state index in [1.54, 1.807) is 35.2 Å². The van der Waals surface area contributed by atoms with E-state index in [-0.39, 0.29) is 35.9 Å². The van der Waals surface area contributed by atoms with E-state index in [4.69, 9.17) is 21.6 Å². The van der Waals surface area contributed by atoms with E-state index in [1.165, 1.54) is 6.07 Å². The summed E-state index contributed by atoms with van der Waals surface area (Å²) in [6, 6.07) is 13.4. The molecule has 7 heteroatoms. The zero-order valence-electron chi connectivity index (χ0n) is 14.0. The first-order valence-corrected chi connectivity index (χ1v) is 8.41. The molecule has 0 radical (unpaired) electrons. The maximum absolute atomic E-state index is 12.8. The van der Waals surface area contributed by atoms with Crippen molar-refractivity contribution in [3.05, 3.63) is 53.1 Å². The number of nitrogens with one attached hydrogen (secondary N) is 1. The van der Waals surface area contributed by atoms with E-state index in [1.807, 2.05) is 19.1 Å². The molecule has 2 amide bonds. The van der Waals surface area contributed by atoms with Crippen LogP contribution in [0.2, 0.25) is 5.02 Å². The third-order valence-corrected chi connectivity index (χ3v) is 4.34. The van der Waals surface area contributed by atoms with Crippen LogP contribution in [0.5, 0.6) is 5.75 Å². The van der Waals surface area contributed by atoms with Gasteiger partial charge in [0.25, 0.3) is 5.91 Å². The number of nitrogens with zero attached hydrogens (tertiary/aromatic N) is 2. The third kappa shape index (κ3) is 3.63. The lowest BCUT2D eigenvalue weighted by Gasteiger charge is -2.27. The summed E-state index contributed by atoms with van der Waals surface area (Å²) < 4.78 is 5.54. The lowest BCUT2D eigenvalue weighted by molar-refractivity contribution is -0.121. The average molecular weight is 370 g/mol. The number of fused-ring (bicyclic) bond motifs is 1. The van der Waals surface area contributed by atoms with Crippen molar-refractivity contribution in [2.24, 2.45) is 0 Å². The van der Waals surface area contributed by atoms with Gasteiger partial charge in [0.15, 0.2) is 6.61 Å². The zero-order valence-corrected chi connectivity index (χ0v) is 14.8. The number of carbonyl (C=O) groups excluding carboxylic acids is 2. The van der Waals surface area contributed by atoms with Crippen LogP contribution in [0.15, 0.2) is 42.5 Å². The fraction of sp³-hybridized carbons (Fsp3) is 0.211. The SMILES string of the molecule is C[C@@H]1CC(=O)Nc2ccccc2N1C(=O)COc1ccc(C#N)cc1Cl. The first-order valence-electron chi connectivity index (χ1n) is 8.03. The molecule has 6 nitrogen and oxygen atoms in total. The Hall–Kier alpha value is -3.04. The summed E-state index contributed by atoms with van der Waals surface area (Å²) in [6.45, 7) is 1.58. The van der Waals surface area contributed by atoms with E-state index < -0.39 is 0 Å². The van der Waals surface area contributed by atoms with Gasteiger partial charge in [0, 0.05) is 12.5 Å². The highest BCUT2D eigenvalue weighted by Gasteiger charge is 2.29. The van der Waals surface area contributed by atoms with Crippen molar-refractivity contribution in [3.8, 4) is 11.8 Å². The van der Waals surface area contributed by atoms with Crippen molar-refractivity contribution >= 4 is 34.8 Å². The molecular weight excluding hydrogens is 354 g/mol. The second-order valence-corrected chi connectivity index (χ2v) is 6.34. The number of rotatable bonds is 3.